The van der Waals surface area contributed by atoms with Crippen molar-refractivity contribution in [2.45, 2.75) is 50.1 Å². The highest BCUT2D eigenvalue weighted by molar-refractivity contribution is 5.78. The molecule has 0 heterocycles. The molecule has 0 radical (unpaired) electrons. The van der Waals surface area contributed by atoms with Crippen molar-refractivity contribution in [2.24, 2.45) is 10.7 Å². The van der Waals surface area contributed by atoms with Crippen molar-refractivity contribution < 1.29 is 0 Å². The Morgan fingerprint density at radius 1 is 1.38 bits per heavy atom. The van der Waals surface area contributed by atoms with Crippen LogP contribution in [0.2, 0.25) is 0 Å². The summed E-state index contributed by atoms with van der Waals surface area (Å²) < 4.78 is 0. The molecule has 0 amide bonds. The van der Waals surface area contributed by atoms with Crippen molar-refractivity contribution >= 4 is 5.96 Å². The Bertz CT molecular complexity index is 262. The van der Waals surface area contributed by atoms with E-state index < -0.39 is 0 Å². The fourth-order valence-electron chi connectivity index (χ4n) is 2.49. The molecule has 0 bridgehead atoms. The van der Waals surface area contributed by atoms with Crippen molar-refractivity contribution in [1.82, 2.24) is 10.2 Å². The first-order valence-electron chi connectivity index (χ1n) is 6.36. The molecule has 2 aliphatic rings. The maximum Gasteiger partial charge on any atom is 0.188 e. The number of nitrogens with one attached hydrogen (secondary N) is 1. The Balaban J connectivity index is 1.89. The lowest BCUT2D eigenvalue weighted by atomic mass is 9.96. The number of rotatable bonds is 4. The van der Waals surface area contributed by atoms with Gasteiger partial charge in [0.1, 0.15) is 0 Å². The van der Waals surface area contributed by atoms with Gasteiger partial charge >= 0.3 is 0 Å². The number of hydrogen-bond acceptors (Lipinski definition) is 2. The Labute approximate surface area is 98.3 Å². The highest BCUT2D eigenvalue weighted by Crippen LogP contribution is 2.33. The molecular weight excluding hydrogens is 200 g/mol. The fourth-order valence-corrected chi connectivity index (χ4v) is 2.49. The summed E-state index contributed by atoms with van der Waals surface area (Å²) in [5.74, 6) is 0.635. The monoisotopic (exact) mass is 224 g/mol. The summed E-state index contributed by atoms with van der Waals surface area (Å²) >= 11 is 0. The minimum atomic E-state index is 0.260. The summed E-state index contributed by atoms with van der Waals surface area (Å²) in [5, 5.41) is 3.24. The lowest BCUT2D eigenvalue weighted by Crippen LogP contribution is -2.45. The van der Waals surface area contributed by atoms with Crippen molar-refractivity contribution in [1.29, 1.82) is 0 Å². The molecule has 0 aliphatic heterocycles. The summed E-state index contributed by atoms with van der Waals surface area (Å²) in [5.41, 5.74) is 6.13. The van der Waals surface area contributed by atoms with Crippen LogP contribution in [-0.2, 0) is 0 Å². The first-order valence-corrected chi connectivity index (χ1v) is 6.36. The van der Waals surface area contributed by atoms with Gasteiger partial charge in [0.2, 0.25) is 0 Å². The van der Waals surface area contributed by atoms with Crippen molar-refractivity contribution in [2.75, 3.05) is 20.6 Å². The molecule has 92 valence electrons. The Morgan fingerprint density at radius 3 is 2.50 bits per heavy atom. The zero-order chi connectivity index (χ0) is 11.6. The van der Waals surface area contributed by atoms with E-state index in [1.165, 1.54) is 38.5 Å². The van der Waals surface area contributed by atoms with E-state index in [2.05, 4.69) is 29.3 Å². The molecule has 4 heteroatoms. The Kier molecular flexibility index (Phi) is 3.38. The van der Waals surface area contributed by atoms with Gasteiger partial charge in [0.05, 0.1) is 6.54 Å². The van der Waals surface area contributed by atoms with Crippen molar-refractivity contribution in [3.63, 3.8) is 0 Å². The third-order valence-electron chi connectivity index (χ3n) is 3.96. The second kappa shape index (κ2) is 4.62. The van der Waals surface area contributed by atoms with Gasteiger partial charge in [-0.25, -0.2) is 0 Å². The van der Waals surface area contributed by atoms with Crippen molar-refractivity contribution in [3.05, 3.63) is 0 Å². The van der Waals surface area contributed by atoms with Crippen LogP contribution in [0.25, 0.3) is 0 Å². The van der Waals surface area contributed by atoms with Crippen molar-refractivity contribution in [3.8, 4) is 0 Å². The van der Waals surface area contributed by atoms with Crippen LogP contribution >= 0.6 is 0 Å². The quantitative estimate of drug-likeness (QED) is 0.552. The van der Waals surface area contributed by atoms with Crippen LogP contribution in [0, 0.1) is 0 Å². The molecule has 0 saturated heterocycles. The second-order valence-electron chi connectivity index (χ2n) is 5.45. The van der Waals surface area contributed by atoms with Crippen LogP contribution in [-0.4, -0.2) is 43.1 Å². The third kappa shape index (κ3) is 2.67. The van der Waals surface area contributed by atoms with E-state index in [0.717, 1.165) is 6.54 Å². The molecule has 2 rings (SSSR count). The van der Waals surface area contributed by atoms with Crippen LogP contribution in [0.15, 0.2) is 4.99 Å². The third-order valence-corrected chi connectivity index (χ3v) is 3.96. The first-order chi connectivity index (χ1) is 7.62. The number of likely N-dealkylation sites (N-methyl/N-ethyl adjacent to an activating group) is 1. The number of hydrogen-bond donors (Lipinski definition) is 2. The zero-order valence-corrected chi connectivity index (χ0v) is 10.5. The molecule has 3 N–H and O–H groups in total. The lowest BCUT2D eigenvalue weighted by molar-refractivity contribution is 0.167. The molecule has 0 aromatic rings. The topological polar surface area (TPSA) is 53.6 Å². The van der Waals surface area contributed by atoms with Gasteiger partial charge in [0.15, 0.2) is 5.96 Å². The maximum atomic E-state index is 5.87. The van der Waals surface area contributed by atoms with E-state index in [0.29, 0.717) is 12.0 Å². The molecule has 2 fully saturated rings. The molecule has 2 aliphatic carbocycles. The van der Waals surface area contributed by atoms with Gasteiger partial charge in [-0.3, -0.25) is 4.99 Å². The number of guanidine groups is 1. The predicted octanol–water partition coefficient (Wildman–Crippen LogP) is 0.927. The van der Waals surface area contributed by atoms with Crippen LogP contribution in [0.5, 0.6) is 0 Å². The summed E-state index contributed by atoms with van der Waals surface area (Å²) in [7, 11) is 4.32. The average Bonchev–Trinajstić information content (AvgIpc) is 2.92. The van der Waals surface area contributed by atoms with E-state index in [9.17, 15) is 0 Å². The average molecular weight is 224 g/mol. The van der Waals surface area contributed by atoms with E-state index in [1.807, 2.05) is 0 Å². The number of aliphatic imine (C=N–C) groups is 1. The number of nitrogens with zero attached hydrogens (tertiary/aromatic N) is 2. The summed E-state index contributed by atoms with van der Waals surface area (Å²) in [6.07, 6.45) is 7.64. The highest BCUT2D eigenvalue weighted by Gasteiger charge is 2.35. The van der Waals surface area contributed by atoms with Crippen LogP contribution < -0.4 is 11.1 Å². The molecule has 16 heavy (non-hydrogen) atoms. The van der Waals surface area contributed by atoms with E-state index in [-0.39, 0.29) is 5.54 Å². The van der Waals surface area contributed by atoms with E-state index in [1.54, 1.807) is 0 Å². The number of nitrogens with two attached hydrogens (primary N) is 1. The normalized spacial score (nSPS) is 25.1. The molecule has 0 atom stereocenters. The molecule has 0 spiro atoms. The molecule has 0 aromatic carbocycles. The lowest BCUT2D eigenvalue weighted by Gasteiger charge is -2.34. The zero-order valence-electron chi connectivity index (χ0n) is 10.5. The first kappa shape index (κ1) is 11.7. The van der Waals surface area contributed by atoms with E-state index in [4.69, 9.17) is 5.73 Å². The molecule has 2 saturated carbocycles. The summed E-state index contributed by atoms with van der Waals surface area (Å²) in [4.78, 5) is 6.85. The van der Waals surface area contributed by atoms with Crippen LogP contribution in [0.3, 0.4) is 0 Å². The van der Waals surface area contributed by atoms with Gasteiger partial charge < -0.3 is 16.0 Å². The summed E-state index contributed by atoms with van der Waals surface area (Å²) in [6, 6.07) is 0.600. The SMILES string of the molecule is CN(C)C1(CN=C(N)NC2CC2)CCCC1. The Hall–Kier alpha value is -0.770. The second-order valence-corrected chi connectivity index (χ2v) is 5.45. The standard InChI is InChI=1S/C12H24N4/c1-16(2)12(7-3-4-8-12)9-14-11(13)15-10-5-6-10/h10H,3-9H2,1-2H3,(H3,13,14,15). The predicted molar refractivity (Wildman–Crippen MR) is 67.5 cm³/mol. The minimum Gasteiger partial charge on any atom is -0.370 e. The fraction of sp³-hybridized carbons (Fsp3) is 0.917. The molecule has 4 nitrogen and oxygen atoms in total. The summed E-state index contributed by atoms with van der Waals surface area (Å²) in [6.45, 7) is 0.839. The van der Waals surface area contributed by atoms with Gasteiger partial charge in [0.25, 0.3) is 0 Å². The van der Waals surface area contributed by atoms with E-state index >= 15 is 0 Å². The Morgan fingerprint density at radius 2 is 2.00 bits per heavy atom. The van der Waals surface area contributed by atoms with Crippen LogP contribution in [0.1, 0.15) is 38.5 Å². The molecular formula is C12H24N4. The molecule has 0 aromatic heterocycles. The maximum absolute atomic E-state index is 5.87. The van der Waals surface area contributed by atoms with Gasteiger partial charge in [-0.1, -0.05) is 12.8 Å². The van der Waals surface area contributed by atoms with Gasteiger partial charge in [-0.2, -0.15) is 0 Å². The van der Waals surface area contributed by atoms with Gasteiger partial charge in [-0.15, -0.1) is 0 Å². The van der Waals surface area contributed by atoms with Gasteiger partial charge in [-0.05, 0) is 39.8 Å². The largest absolute Gasteiger partial charge is 0.370 e. The highest BCUT2D eigenvalue weighted by atomic mass is 15.2. The van der Waals surface area contributed by atoms with Crippen LogP contribution in [0.4, 0.5) is 0 Å². The smallest absolute Gasteiger partial charge is 0.188 e. The van der Waals surface area contributed by atoms with Gasteiger partial charge in [0, 0.05) is 11.6 Å². The molecule has 0 unspecified atom stereocenters. The minimum absolute atomic E-state index is 0.260.